The second kappa shape index (κ2) is 8.38. The monoisotopic (exact) mass is 475 g/mol. The largest absolute Gasteiger partial charge is 0.388 e. The lowest BCUT2D eigenvalue weighted by Crippen LogP contribution is -2.49. The van der Waals surface area contributed by atoms with Crippen molar-refractivity contribution in [1.29, 1.82) is 0 Å². The van der Waals surface area contributed by atoms with Gasteiger partial charge >= 0.3 is 0 Å². The van der Waals surface area contributed by atoms with Crippen molar-refractivity contribution in [2.45, 2.75) is 37.8 Å². The second-order valence-electron chi connectivity index (χ2n) is 7.53. The third-order valence-corrected chi connectivity index (χ3v) is 7.35. The molecule has 0 saturated carbocycles. The van der Waals surface area contributed by atoms with Crippen LogP contribution in [0.3, 0.4) is 0 Å². The highest BCUT2D eigenvalue weighted by molar-refractivity contribution is 9.10. The summed E-state index contributed by atoms with van der Waals surface area (Å²) in [6.45, 7) is 1.19. The van der Waals surface area contributed by atoms with Crippen LogP contribution in [0, 0.1) is 0 Å². The molecule has 8 heteroatoms. The first kappa shape index (κ1) is 20.3. The number of hydrogen-bond donors (Lipinski definition) is 1. The van der Waals surface area contributed by atoms with Gasteiger partial charge in [-0.1, -0.05) is 30.3 Å². The van der Waals surface area contributed by atoms with Gasteiger partial charge in [0.1, 0.15) is 10.2 Å². The molecular weight excluding hydrogens is 454 g/mol. The molecule has 0 spiro atoms. The van der Waals surface area contributed by atoms with E-state index in [0.717, 1.165) is 16.5 Å². The van der Waals surface area contributed by atoms with Crippen LogP contribution in [0.5, 0.6) is 0 Å². The fourth-order valence-corrected chi connectivity index (χ4v) is 5.26. The molecule has 1 saturated heterocycles. The maximum Gasteiger partial charge on any atom is 0.271 e. The molecule has 0 radical (unpaired) electrons. The Bertz CT molecular complexity index is 1070. The van der Waals surface area contributed by atoms with Crippen LogP contribution in [0.15, 0.2) is 51.3 Å². The van der Waals surface area contributed by atoms with Gasteiger partial charge in [-0.3, -0.25) is 14.2 Å². The number of thiophene rings is 1. The van der Waals surface area contributed by atoms with Crippen LogP contribution in [0.2, 0.25) is 0 Å². The number of carbonyl (C=O) groups is 1. The number of halogens is 1. The summed E-state index contributed by atoms with van der Waals surface area (Å²) >= 11 is 4.74. The summed E-state index contributed by atoms with van der Waals surface area (Å²) in [5.74, 6) is 0.111. The van der Waals surface area contributed by atoms with E-state index in [0.29, 0.717) is 42.6 Å². The maximum absolute atomic E-state index is 12.7. The molecule has 1 aliphatic rings. The Morgan fingerprint density at radius 3 is 2.69 bits per heavy atom. The predicted octanol–water partition coefficient (Wildman–Crippen LogP) is 3.21. The first-order chi connectivity index (χ1) is 14.0. The second-order valence-corrected chi connectivity index (χ2v) is 9.26. The van der Waals surface area contributed by atoms with E-state index < -0.39 is 5.60 Å². The van der Waals surface area contributed by atoms with Crippen molar-refractivity contribution in [3.63, 3.8) is 0 Å². The van der Waals surface area contributed by atoms with E-state index in [-0.39, 0.29) is 18.0 Å². The molecule has 1 N–H and O–H groups in total. The number of aromatic nitrogens is 2. The number of piperidine rings is 1. The van der Waals surface area contributed by atoms with Gasteiger partial charge in [0.25, 0.3) is 5.56 Å². The Morgan fingerprint density at radius 1 is 1.24 bits per heavy atom. The van der Waals surface area contributed by atoms with E-state index in [4.69, 9.17) is 0 Å². The Labute approximate surface area is 180 Å². The molecular formula is C21H22BrN3O3S. The molecule has 1 fully saturated rings. The van der Waals surface area contributed by atoms with E-state index in [2.05, 4.69) is 20.9 Å². The number of likely N-dealkylation sites (tertiary alicyclic amines) is 1. The lowest BCUT2D eigenvalue weighted by atomic mass is 9.91. The Balaban J connectivity index is 1.36. The minimum absolute atomic E-state index is 0.111. The zero-order valence-electron chi connectivity index (χ0n) is 15.9. The Hall–Kier alpha value is -2.03. The van der Waals surface area contributed by atoms with E-state index in [1.165, 1.54) is 22.2 Å². The fraction of sp³-hybridized carbons (Fsp3) is 0.381. The standard InChI is InChI=1S/C21H22BrN3O3S/c22-16-12-29-19-18(16)23-14-25(20(19)27)13-21(28)8-10-24(11-9-21)17(26)7-6-15-4-2-1-3-5-15/h1-5,12,14,28H,6-11,13H2. The number of aryl methyl sites for hydroxylation is 1. The normalized spacial score (nSPS) is 16.3. The molecule has 29 heavy (non-hydrogen) atoms. The summed E-state index contributed by atoms with van der Waals surface area (Å²) in [5, 5.41) is 12.8. The number of hydrogen-bond acceptors (Lipinski definition) is 5. The summed E-state index contributed by atoms with van der Waals surface area (Å²) in [6.07, 6.45) is 3.58. The third-order valence-electron chi connectivity index (χ3n) is 5.48. The number of aliphatic hydroxyl groups is 1. The van der Waals surface area contributed by atoms with Gasteiger partial charge < -0.3 is 10.0 Å². The van der Waals surface area contributed by atoms with E-state index in [1.807, 2.05) is 40.6 Å². The molecule has 3 aromatic rings. The highest BCUT2D eigenvalue weighted by Gasteiger charge is 2.34. The van der Waals surface area contributed by atoms with Crippen LogP contribution >= 0.6 is 27.3 Å². The van der Waals surface area contributed by atoms with Gasteiger partial charge in [-0.25, -0.2) is 4.98 Å². The van der Waals surface area contributed by atoms with Crippen molar-refractivity contribution in [2.75, 3.05) is 13.1 Å². The first-order valence-corrected chi connectivity index (χ1v) is 11.3. The average Bonchev–Trinajstić information content (AvgIpc) is 3.11. The van der Waals surface area contributed by atoms with Gasteiger partial charge in [0.15, 0.2) is 0 Å². The van der Waals surface area contributed by atoms with Crippen molar-refractivity contribution >= 4 is 43.4 Å². The number of rotatable bonds is 5. The Morgan fingerprint density at radius 2 is 1.97 bits per heavy atom. The van der Waals surface area contributed by atoms with Gasteiger partial charge in [-0.05, 0) is 40.8 Å². The molecule has 2 aromatic heterocycles. The molecule has 1 aromatic carbocycles. The summed E-state index contributed by atoms with van der Waals surface area (Å²) < 4.78 is 2.87. The zero-order chi connectivity index (χ0) is 20.4. The number of carbonyl (C=O) groups excluding carboxylic acids is 1. The topological polar surface area (TPSA) is 75.4 Å². The molecule has 4 rings (SSSR count). The van der Waals surface area contributed by atoms with Crippen molar-refractivity contribution in [3.8, 4) is 0 Å². The molecule has 0 bridgehead atoms. The highest BCUT2D eigenvalue weighted by atomic mass is 79.9. The zero-order valence-corrected chi connectivity index (χ0v) is 18.3. The number of amides is 1. The molecule has 1 aliphatic heterocycles. The predicted molar refractivity (Wildman–Crippen MR) is 117 cm³/mol. The average molecular weight is 476 g/mol. The molecule has 0 aliphatic carbocycles. The number of benzene rings is 1. The smallest absolute Gasteiger partial charge is 0.271 e. The third kappa shape index (κ3) is 4.44. The van der Waals surface area contributed by atoms with Crippen LogP contribution in [-0.4, -0.2) is 44.2 Å². The minimum Gasteiger partial charge on any atom is -0.388 e. The van der Waals surface area contributed by atoms with Gasteiger partial charge in [-0.15, -0.1) is 11.3 Å². The Kier molecular flexibility index (Phi) is 5.85. The van der Waals surface area contributed by atoms with Crippen molar-refractivity contribution in [1.82, 2.24) is 14.5 Å². The fourth-order valence-electron chi connectivity index (χ4n) is 3.73. The first-order valence-electron chi connectivity index (χ1n) is 9.61. The maximum atomic E-state index is 12.7. The number of nitrogens with zero attached hydrogens (tertiary/aromatic N) is 3. The minimum atomic E-state index is -1.01. The lowest BCUT2D eigenvalue weighted by Gasteiger charge is -2.38. The molecule has 6 nitrogen and oxygen atoms in total. The van der Waals surface area contributed by atoms with Crippen molar-refractivity contribution < 1.29 is 9.90 Å². The summed E-state index contributed by atoms with van der Waals surface area (Å²) in [5.41, 5.74) is 0.656. The van der Waals surface area contributed by atoms with Crippen LogP contribution in [0.4, 0.5) is 0 Å². The number of fused-ring (bicyclic) bond motifs is 1. The van der Waals surface area contributed by atoms with Crippen molar-refractivity contribution in [3.05, 3.63) is 62.4 Å². The van der Waals surface area contributed by atoms with Gasteiger partial charge in [0, 0.05) is 24.9 Å². The molecule has 0 unspecified atom stereocenters. The van der Waals surface area contributed by atoms with Crippen LogP contribution in [-0.2, 0) is 17.8 Å². The van der Waals surface area contributed by atoms with E-state index in [9.17, 15) is 14.7 Å². The van der Waals surface area contributed by atoms with Gasteiger partial charge in [0.05, 0.1) is 22.9 Å². The molecule has 3 heterocycles. The summed E-state index contributed by atoms with van der Waals surface area (Å²) in [6, 6.07) is 9.97. The van der Waals surface area contributed by atoms with E-state index in [1.54, 1.807) is 0 Å². The summed E-state index contributed by atoms with van der Waals surface area (Å²) in [4.78, 5) is 31.4. The molecule has 0 atom stereocenters. The molecule has 1 amide bonds. The van der Waals surface area contributed by atoms with Crippen molar-refractivity contribution in [2.24, 2.45) is 0 Å². The van der Waals surface area contributed by atoms with Gasteiger partial charge in [0.2, 0.25) is 5.91 Å². The van der Waals surface area contributed by atoms with Gasteiger partial charge in [-0.2, -0.15) is 0 Å². The SMILES string of the molecule is O=C(CCc1ccccc1)N1CCC(O)(Cn2cnc3c(Br)csc3c2=O)CC1. The quantitative estimate of drug-likeness (QED) is 0.614. The summed E-state index contributed by atoms with van der Waals surface area (Å²) in [7, 11) is 0. The van der Waals surface area contributed by atoms with Crippen LogP contribution in [0.25, 0.3) is 10.2 Å². The molecule has 152 valence electrons. The highest BCUT2D eigenvalue weighted by Crippen LogP contribution is 2.27. The lowest BCUT2D eigenvalue weighted by molar-refractivity contribution is -0.135. The van der Waals surface area contributed by atoms with Crippen LogP contribution < -0.4 is 5.56 Å². The van der Waals surface area contributed by atoms with E-state index >= 15 is 0 Å². The van der Waals surface area contributed by atoms with Crippen LogP contribution in [0.1, 0.15) is 24.8 Å².